The lowest BCUT2D eigenvalue weighted by Crippen LogP contribution is -2.38. The maximum atomic E-state index is 13.6. The number of halogens is 2. The molecule has 4 aromatic rings. The molecule has 0 aromatic heterocycles. The maximum absolute atomic E-state index is 13.6. The maximum Gasteiger partial charge on any atom is 0.264 e. The van der Waals surface area contributed by atoms with Gasteiger partial charge in [-0.2, -0.15) is 0 Å². The average Bonchev–Trinajstić information content (AvgIpc) is 2.93. The Morgan fingerprint density at radius 1 is 0.868 bits per heavy atom. The van der Waals surface area contributed by atoms with E-state index >= 15 is 0 Å². The van der Waals surface area contributed by atoms with Crippen molar-refractivity contribution in [1.82, 2.24) is 0 Å². The summed E-state index contributed by atoms with van der Waals surface area (Å²) in [5, 5.41) is 3.15. The fourth-order valence-electron chi connectivity index (χ4n) is 3.72. The van der Waals surface area contributed by atoms with Crippen molar-refractivity contribution < 1.29 is 22.7 Å². The highest BCUT2D eigenvalue weighted by Crippen LogP contribution is 2.32. The van der Waals surface area contributed by atoms with E-state index in [1.54, 1.807) is 48.5 Å². The van der Waals surface area contributed by atoms with Crippen molar-refractivity contribution in [2.75, 3.05) is 23.3 Å². The smallest absolute Gasteiger partial charge is 0.264 e. The van der Waals surface area contributed by atoms with Crippen LogP contribution in [0.5, 0.6) is 5.75 Å². The van der Waals surface area contributed by atoms with Crippen LogP contribution in [0.1, 0.15) is 15.9 Å². The molecule has 0 heterocycles. The molecule has 0 atom stereocenters. The first kappa shape index (κ1) is 27.2. The molecule has 1 amide bonds. The van der Waals surface area contributed by atoms with Gasteiger partial charge in [0.2, 0.25) is 5.91 Å². The summed E-state index contributed by atoms with van der Waals surface area (Å²) >= 11 is 12.4. The number of sulfonamides is 1. The summed E-state index contributed by atoms with van der Waals surface area (Å²) in [7, 11) is -2.73. The van der Waals surface area contributed by atoms with Crippen molar-refractivity contribution in [3.63, 3.8) is 0 Å². The minimum Gasteiger partial charge on any atom is -0.495 e. The number of rotatable bonds is 9. The third-order valence-corrected chi connectivity index (χ3v) is 7.90. The van der Waals surface area contributed by atoms with Gasteiger partial charge in [0, 0.05) is 16.1 Å². The van der Waals surface area contributed by atoms with Crippen LogP contribution in [0.4, 0.5) is 11.4 Å². The van der Waals surface area contributed by atoms with Gasteiger partial charge in [-0.1, -0.05) is 71.7 Å². The van der Waals surface area contributed by atoms with Crippen LogP contribution in [-0.4, -0.2) is 33.8 Å². The molecule has 38 heavy (non-hydrogen) atoms. The molecular weight excluding hydrogens is 547 g/mol. The van der Waals surface area contributed by atoms with Gasteiger partial charge in [0.15, 0.2) is 5.78 Å². The van der Waals surface area contributed by atoms with E-state index in [0.29, 0.717) is 16.3 Å². The Kier molecular flexibility index (Phi) is 8.36. The molecule has 0 saturated carbocycles. The number of ketones is 1. The second kappa shape index (κ2) is 11.7. The molecular formula is C28H22Cl2N2O5S. The lowest BCUT2D eigenvalue weighted by Gasteiger charge is -2.25. The van der Waals surface area contributed by atoms with E-state index in [2.05, 4.69) is 5.32 Å². The number of hydrogen-bond acceptors (Lipinski definition) is 5. The van der Waals surface area contributed by atoms with E-state index in [1.807, 2.05) is 0 Å². The van der Waals surface area contributed by atoms with Gasteiger partial charge in [-0.15, -0.1) is 0 Å². The third-order valence-electron chi connectivity index (χ3n) is 5.58. The molecule has 0 saturated heterocycles. The van der Waals surface area contributed by atoms with E-state index in [4.69, 9.17) is 27.9 Å². The largest absolute Gasteiger partial charge is 0.495 e. The van der Waals surface area contributed by atoms with Crippen molar-refractivity contribution in [3.05, 3.63) is 118 Å². The SMILES string of the molecule is COc1ccc(N(CC(=O)Nc2ccc(Cl)cc2C(=O)c2ccccc2)S(=O)(=O)c2ccccc2)cc1Cl. The summed E-state index contributed by atoms with van der Waals surface area (Å²) < 4.78 is 33.3. The van der Waals surface area contributed by atoms with E-state index in [0.717, 1.165) is 4.31 Å². The number of carbonyl (C=O) groups excluding carboxylic acids is 2. The standard InChI is InChI=1S/C28H22Cl2N2O5S/c1-37-26-15-13-21(17-24(26)30)32(38(35,36)22-10-6-3-7-11-22)18-27(33)31-25-14-12-20(29)16-23(25)28(34)19-8-4-2-5-9-19/h2-17H,18H2,1H3,(H,31,33). The zero-order valence-electron chi connectivity index (χ0n) is 20.1. The fourth-order valence-corrected chi connectivity index (χ4v) is 5.58. The molecule has 4 rings (SSSR count). The Hall–Kier alpha value is -3.85. The third kappa shape index (κ3) is 5.99. The monoisotopic (exact) mass is 568 g/mol. The van der Waals surface area contributed by atoms with Crippen molar-refractivity contribution in [1.29, 1.82) is 0 Å². The average molecular weight is 569 g/mol. The Bertz CT molecular complexity index is 1580. The topological polar surface area (TPSA) is 92.8 Å². The summed E-state index contributed by atoms with van der Waals surface area (Å²) in [6.07, 6.45) is 0. The Morgan fingerprint density at radius 3 is 2.16 bits per heavy atom. The molecule has 0 unspecified atom stereocenters. The zero-order valence-corrected chi connectivity index (χ0v) is 22.4. The number of methoxy groups -OCH3 is 1. The van der Waals surface area contributed by atoms with Crippen LogP contribution in [0.15, 0.2) is 102 Å². The second-order valence-electron chi connectivity index (χ2n) is 8.08. The number of benzene rings is 4. The highest BCUT2D eigenvalue weighted by Gasteiger charge is 2.28. The highest BCUT2D eigenvalue weighted by atomic mass is 35.5. The van der Waals surface area contributed by atoms with Crippen molar-refractivity contribution >= 4 is 56.3 Å². The van der Waals surface area contributed by atoms with E-state index in [9.17, 15) is 18.0 Å². The highest BCUT2D eigenvalue weighted by molar-refractivity contribution is 7.92. The summed E-state index contributed by atoms with van der Waals surface area (Å²) in [5.41, 5.74) is 0.929. The van der Waals surface area contributed by atoms with Gasteiger partial charge < -0.3 is 10.1 Å². The van der Waals surface area contributed by atoms with Gasteiger partial charge in [-0.05, 0) is 48.5 Å². The molecule has 10 heteroatoms. The minimum absolute atomic E-state index is 0.00817. The molecule has 1 N–H and O–H groups in total. The lowest BCUT2D eigenvalue weighted by molar-refractivity contribution is -0.114. The van der Waals surface area contributed by atoms with Gasteiger partial charge in [0.25, 0.3) is 10.0 Å². The lowest BCUT2D eigenvalue weighted by atomic mass is 10.0. The molecule has 194 valence electrons. The fraction of sp³-hybridized carbons (Fsp3) is 0.0714. The van der Waals surface area contributed by atoms with E-state index < -0.39 is 22.5 Å². The first-order valence-corrected chi connectivity index (χ1v) is 13.5. The molecule has 7 nitrogen and oxygen atoms in total. The molecule has 0 aliphatic rings. The van der Waals surface area contributed by atoms with E-state index in [-0.39, 0.29) is 32.6 Å². The van der Waals surface area contributed by atoms with Crippen LogP contribution < -0.4 is 14.4 Å². The predicted octanol–water partition coefficient (Wildman–Crippen LogP) is 6.07. The number of ether oxygens (including phenoxy) is 1. The number of hydrogen-bond donors (Lipinski definition) is 1. The van der Waals surface area contributed by atoms with Crippen molar-refractivity contribution in [2.45, 2.75) is 4.90 Å². The van der Waals surface area contributed by atoms with Gasteiger partial charge in [0.05, 0.1) is 28.4 Å². The number of nitrogens with zero attached hydrogens (tertiary/aromatic N) is 1. The molecule has 4 aromatic carbocycles. The zero-order chi connectivity index (χ0) is 27.3. The Labute approximate surface area is 230 Å². The summed E-state index contributed by atoms with van der Waals surface area (Å²) in [4.78, 5) is 26.4. The number of anilines is 2. The minimum atomic E-state index is -4.17. The van der Waals surface area contributed by atoms with Crippen LogP contribution in [0.3, 0.4) is 0 Å². The first-order valence-electron chi connectivity index (χ1n) is 11.3. The molecule has 0 fully saturated rings. The van der Waals surface area contributed by atoms with E-state index in [1.165, 1.54) is 55.6 Å². The number of amides is 1. The van der Waals surface area contributed by atoms with Gasteiger partial charge in [0.1, 0.15) is 12.3 Å². The molecule has 0 bridgehead atoms. The normalized spacial score (nSPS) is 11.0. The van der Waals surface area contributed by atoms with Crippen LogP contribution in [0.25, 0.3) is 0 Å². The van der Waals surface area contributed by atoms with Crippen molar-refractivity contribution in [2.24, 2.45) is 0 Å². The number of nitrogens with one attached hydrogen (secondary N) is 1. The van der Waals surface area contributed by atoms with Crippen LogP contribution >= 0.6 is 23.2 Å². The van der Waals surface area contributed by atoms with Crippen LogP contribution in [-0.2, 0) is 14.8 Å². The van der Waals surface area contributed by atoms with Crippen LogP contribution in [0, 0.1) is 0 Å². The molecule has 0 radical (unpaired) electrons. The Morgan fingerprint density at radius 2 is 1.53 bits per heavy atom. The first-order chi connectivity index (χ1) is 18.2. The van der Waals surface area contributed by atoms with Gasteiger partial charge in [-0.25, -0.2) is 8.42 Å². The summed E-state index contributed by atoms with van der Waals surface area (Å²) in [5.74, 6) is -0.679. The molecule has 0 aliphatic heterocycles. The molecule has 0 aliphatic carbocycles. The van der Waals surface area contributed by atoms with Gasteiger partial charge >= 0.3 is 0 Å². The van der Waals surface area contributed by atoms with Gasteiger partial charge in [-0.3, -0.25) is 13.9 Å². The quantitative estimate of drug-likeness (QED) is 0.247. The van der Waals surface area contributed by atoms with Crippen LogP contribution in [0.2, 0.25) is 10.0 Å². The second-order valence-corrected chi connectivity index (χ2v) is 10.8. The summed E-state index contributed by atoms with van der Waals surface area (Å²) in [6, 6.07) is 25.1. The summed E-state index contributed by atoms with van der Waals surface area (Å²) in [6.45, 7) is -0.596. The molecule has 0 spiro atoms. The number of carbonyl (C=O) groups is 2. The van der Waals surface area contributed by atoms with Crippen molar-refractivity contribution in [3.8, 4) is 5.75 Å². The predicted molar refractivity (Wildman–Crippen MR) is 149 cm³/mol. The Balaban J connectivity index is 1.69.